The second kappa shape index (κ2) is 4.32. The zero-order valence-electron chi connectivity index (χ0n) is 7.96. The molecule has 76 valence electrons. The number of para-hydroxylation sites is 1. The maximum atomic E-state index is 9.71. The van der Waals surface area contributed by atoms with E-state index in [1.807, 2.05) is 18.2 Å². The molecule has 0 aromatic heterocycles. The standard InChI is InChI=1S/C11H14BrNO/c12-10-6-1-3-8(11(10)14)7-13-9-4-2-5-9/h1,3,6,9,13-14H,2,4-5,7H2. The van der Waals surface area contributed by atoms with Crippen LogP contribution < -0.4 is 5.32 Å². The van der Waals surface area contributed by atoms with Gasteiger partial charge in [0, 0.05) is 18.2 Å². The lowest BCUT2D eigenvalue weighted by Crippen LogP contribution is -2.34. The minimum atomic E-state index is 0.360. The highest BCUT2D eigenvalue weighted by Crippen LogP contribution is 2.28. The number of halogens is 1. The molecule has 0 atom stereocenters. The topological polar surface area (TPSA) is 32.3 Å². The van der Waals surface area contributed by atoms with E-state index in [4.69, 9.17) is 0 Å². The van der Waals surface area contributed by atoms with Crippen LogP contribution in [0.1, 0.15) is 24.8 Å². The molecule has 0 aliphatic heterocycles. The summed E-state index contributed by atoms with van der Waals surface area (Å²) in [6, 6.07) is 6.41. The van der Waals surface area contributed by atoms with Gasteiger partial charge in [-0.15, -0.1) is 0 Å². The molecule has 0 unspecified atom stereocenters. The SMILES string of the molecule is Oc1c(Br)cccc1CNC1CCC1. The number of hydrogen-bond acceptors (Lipinski definition) is 2. The van der Waals surface area contributed by atoms with Crippen LogP contribution in [0.5, 0.6) is 5.75 Å². The lowest BCUT2D eigenvalue weighted by Gasteiger charge is -2.26. The predicted molar refractivity (Wildman–Crippen MR) is 60.3 cm³/mol. The second-order valence-electron chi connectivity index (χ2n) is 3.76. The predicted octanol–water partition coefficient (Wildman–Crippen LogP) is 2.80. The Morgan fingerprint density at radius 1 is 1.43 bits per heavy atom. The first kappa shape index (κ1) is 9.99. The normalized spacial score (nSPS) is 16.6. The van der Waals surface area contributed by atoms with Crippen molar-refractivity contribution in [3.8, 4) is 5.75 Å². The van der Waals surface area contributed by atoms with Crippen LogP contribution in [0.4, 0.5) is 0 Å². The summed E-state index contributed by atoms with van der Waals surface area (Å²) in [6.07, 6.45) is 3.88. The number of aromatic hydroxyl groups is 1. The molecule has 1 aromatic carbocycles. The molecular weight excluding hydrogens is 242 g/mol. The van der Waals surface area contributed by atoms with Crippen LogP contribution in [-0.4, -0.2) is 11.1 Å². The fourth-order valence-corrected chi connectivity index (χ4v) is 1.98. The number of phenolic OH excluding ortho intramolecular Hbond substituents is 1. The molecule has 0 amide bonds. The molecule has 1 aliphatic rings. The Kier molecular flexibility index (Phi) is 3.08. The van der Waals surface area contributed by atoms with Gasteiger partial charge in [0.15, 0.2) is 0 Å². The Hall–Kier alpha value is -0.540. The highest BCUT2D eigenvalue weighted by Gasteiger charge is 2.16. The lowest BCUT2D eigenvalue weighted by atomic mass is 9.93. The van der Waals surface area contributed by atoms with Gasteiger partial charge in [-0.25, -0.2) is 0 Å². The van der Waals surface area contributed by atoms with E-state index in [0.29, 0.717) is 11.8 Å². The molecule has 1 aromatic rings. The van der Waals surface area contributed by atoms with Gasteiger partial charge in [-0.2, -0.15) is 0 Å². The Morgan fingerprint density at radius 3 is 2.86 bits per heavy atom. The molecule has 3 heteroatoms. The minimum Gasteiger partial charge on any atom is -0.506 e. The van der Waals surface area contributed by atoms with Crippen molar-refractivity contribution >= 4 is 15.9 Å². The van der Waals surface area contributed by atoms with Crippen molar-refractivity contribution in [1.29, 1.82) is 0 Å². The Labute approximate surface area is 92.5 Å². The van der Waals surface area contributed by atoms with Gasteiger partial charge in [-0.05, 0) is 34.8 Å². The molecule has 2 N–H and O–H groups in total. The van der Waals surface area contributed by atoms with Crippen molar-refractivity contribution in [2.45, 2.75) is 31.8 Å². The number of benzene rings is 1. The molecule has 0 heterocycles. The van der Waals surface area contributed by atoms with Crippen molar-refractivity contribution in [3.63, 3.8) is 0 Å². The molecule has 1 fully saturated rings. The summed E-state index contributed by atoms with van der Waals surface area (Å²) >= 11 is 3.31. The summed E-state index contributed by atoms with van der Waals surface area (Å²) in [7, 11) is 0. The van der Waals surface area contributed by atoms with Crippen LogP contribution in [0.2, 0.25) is 0 Å². The van der Waals surface area contributed by atoms with Crippen LogP contribution in [0.15, 0.2) is 22.7 Å². The first-order valence-corrected chi connectivity index (χ1v) is 5.76. The lowest BCUT2D eigenvalue weighted by molar-refractivity contribution is 0.335. The van der Waals surface area contributed by atoms with Crippen LogP contribution in [-0.2, 0) is 6.54 Å². The van der Waals surface area contributed by atoms with E-state index in [2.05, 4.69) is 21.2 Å². The van der Waals surface area contributed by atoms with E-state index in [1.165, 1.54) is 19.3 Å². The number of hydrogen-bond donors (Lipinski definition) is 2. The van der Waals surface area contributed by atoms with Gasteiger partial charge < -0.3 is 10.4 Å². The summed E-state index contributed by atoms with van der Waals surface area (Å²) in [4.78, 5) is 0. The Morgan fingerprint density at radius 2 is 2.21 bits per heavy atom. The molecule has 2 nitrogen and oxygen atoms in total. The molecule has 0 bridgehead atoms. The molecule has 1 saturated carbocycles. The van der Waals surface area contributed by atoms with E-state index in [1.54, 1.807) is 0 Å². The van der Waals surface area contributed by atoms with Gasteiger partial charge in [-0.1, -0.05) is 18.6 Å². The van der Waals surface area contributed by atoms with E-state index in [0.717, 1.165) is 16.6 Å². The molecule has 0 saturated heterocycles. The van der Waals surface area contributed by atoms with Crippen molar-refractivity contribution in [1.82, 2.24) is 5.32 Å². The fourth-order valence-electron chi connectivity index (χ4n) is 1.57. The second-order valence-corrected chi connectivity index (χ2v) is 4.61. The number of nitrogens with one attached hydrogen (secondary N) is 1. The maximum absolute atomic E-state index is 9.71. The van der Waals surface area contributed by atoms with Gasteiger partial charge in [-0.3, -0.25) is 0 Å². The minimum absolute atomic E-state index is 0.360. The number of phenols is 1. The molecular formula is C11H14BrNO. The first-order chi connectivity index (χ1) is 6.77. The number of rotatable bonds is 3. The van der Waals surface area contributed by atoms with E-state index < -0.39 is 0 Å². The summed E-state index contributed by atoms with van der Waals surface area (Å²) in [5.41, 5.74) is 0.964. The highest BCUT2D eigenvalue weighted by atomic mass is 79.9. The molecule has 1 aliphatic carbocycles. The Balaban J connectivity index is 1.97. The van der Waals surface area contributed by atoms with Gasteiger partial charge >= 0.3 is 0 Å². The summed E-state index contributed by atoms with van der Waals surface area (Å²) in [6.45, 7) is 0.760. The summed E-state index contributed by atoms with van der Waals surface area (Å²) < 4.78 is 0.769. The molecule has 0 spiro atoms. The monoisotopic (exact) mass is 255 g/mol. The van der Waals surface area contributed by atoms with Crippen LogP contribution in [0.3, 0.4) is 0 Å². The third kappa shape index (κ3) is 2.10. The summed E-state index contributed by atoms with van der Waals surface area (Å²) in [5, 5.41) is 13.1. The molecule has 14 heavy (non-hydrogen) atoms. The fraction of sp³-hybridized carbons (Fsp3) is 0.455. The van der Waals surface area contributed by atoms with Crippen molar-refractivity contribution < 1.29 is 5.11 Å². The van der Waals surface area contributed by atoms with Gasteiger partial charge in [0.25, 0.3) is 0 Å². The van der Waals surface area contributed by atoms with Crippen molar-refractivity contribution in [2.75, 3.05) is 0 Å². The first-order valence-electron chi connectivity index (χ1n) is 4.97. The quantitative estimate of drug-likeness (QED) is 0.871. The zero-order valence-corrected chi connectivity index (χ0v) is 9.55. The van der Waals surface area contributed by atoms with Gasteiger partial charge in [0.05, 0.1) is 4.47 Å². The van der Waals surface area contributed by atoms with Crippen molar-refractivity contribution in [2.24, 2.45) is 0 Å². The van der Waals surface area contributed by atoms with Gasteiger partial charge in [0.1, 0.15) is 5.75 Å². The molecule has 2 rings (SSSR count). The smallest absolute Gasteiger partial charge is 0.134 e. The maximum Gasteiger partial charge on any atom is 0.134 e. The summed E-state index contributed by atoms with van der Waals surface area (Å²) in [5.74, 6) is 0.360. The van der Waals surface area contributed by atoms with E-state index >= 15 is 0 Å². The van der Waals surface area contributed by atoms with Crippen molar-refractivity contribution in [3.05, 3.63) is 28.2 Å². The zero-order chi connectivity index (χ0) is 9.97. The largest absolute Gasteiger partial charge is 0.506 e. The van der Waals surface area contributed by atoms with E-state index in [-0.39, 0.29) is 0 Å². The highest BCUT2D eigenvalue weighted by molar-refractivity contribution is 9.10. The van der Waals surface area contributed by atoms with Crippen LogP contribution in [0.25, 0.3) is 0 Å². The average molecular weight is 256 g/mol. The van der Waals surface area contributed by atoms with Gasteiger partial charge in [0.2, 0.25) is 0 Å². The Bertz CT molecular complexity index is 323. The van der Waals surface area contributed by atoms with Crippen LogP contribution >= 0.6 is 15.9 Å². The third-order valence-electron chi connectivity index (χ3n) is 2.76. The average Bonchev–Trinajstić information content (AvgIpc) is 2.09. The van der Waals surface area contributed by atoms with E-state index in [9.17, 15) is 5.11 Å². The van der Waals surface area contributed by atoms with Crippen LogP contribution in [0, 0.1) is 0 Å². The third-order valence-corrected chi connectivity index (χ3v) is 3.40. The molecule has 0 radical (unpaired) electrons.